The molecule has 0 bridgehead atoms. The molecule has 0 radical (unpaired) electrons. The molecule has 1 aliphatic heterocycles. The van der Waals surface area contributed by atoms with Gasteiger partial charge in [0.2, 0.25) is 11.8 Å². The van der Waals surface area contributed by atoms with Crippen LogP contribution in [0.1, 0.15) is 31.7 Å². The highest BCUT2D eigenvalue weighted by Gasteiger charge is 2.33. The van der Waals surface area contributed by atoms with Crippen molar-refractivity contribution >= 4 is 23.2 Å². The molecule has 1 saturated carbocycles. The van der Waals surface area contributed by atoms with Gasteiger partial charge in [0.25, 0.3) is 5.69 Å². The van der Waals surface area contributed by atoms with Crippen LogP contribution in [0, 0.1) is 10.1 Å². The third-order valence-electron chi connectivity index (χ3n) is 5.69. The number of benzene rings is 1. The maximum absolute atomic E-state index is 12.8. The summed E-state index contributed by atoms with van der Waals surface area (Å²) in [5.74, 6) is -0.170. The van der Waals surface area contributed by atoms with Crippen molar-refractivity contribution in [1.82, 2.24) is 15.1 Å². The van der Waals surface area contributed by atoms with Gasteiger partial charge in [-0.15, -0.1) is 0 Å². The molecule has 2 fully saturated rings. The monoisotopic (exact) mass is 457 g/mol. The number of nitro groups is 1. The van der Waals surface area contributed by atoms with Gasteiger partial charge in [0.1, 0.15) is 5.69 Å². The van der Waals surface area contributed by atoms with Crippen LogP contribution in [-0.2, 0) is 15.8 Å². The van der Waals surface area contributed by atoms with E-state index < -0.39 is 22.4 Å². The number of carbonyl (C=O) groups excluding carboxylic acids is 2. The van der Waals surface area contributed by atoms with Crippen molar-refractivity contribution in [3.8, 4) is 0 Å². The molecular weight excluding hydrogens is 431 g/mol. The Morgan fingerprint density at radius 2 is 1.88 bits per heavy atom. The van der Waals surface area contributed by atoms with E-state index in [0.29, 0.717) is 38.3 Å². The van der Waals surface area contributed by atoms with Gasteiger partial charge in [-0.25, -0.2) is 0 Å². The summed E-state index contributed by atoms with van der Waals surface area (Å²) in [5, 5.41) is 16.8. The van der Waals surface area contributed by atoms with Crippen LogP contribution in [0.2, 0.25) is 0 Å². The molecule has 0 aromatic heterocycles. The van der Waals surface area contributed by atoms with Gasteiger partial charge in [-0.2, -0.15) is 13.2 Å². The summed E-state index contributed by atoms with van der Waals surface area (Å²) in [6.45, 7) is 3.92. The van der Waals surface area contributed by atoms with E-state index in [1.807, 2.05) is 11.8 Å². The van der Waals surface area contributed by atoms with Crippen LogP contribution in [0.4, 0.5) is 24.5 Å². The summed E-state index contributed by atoms with van der Waals surface area (Å²) in [6.07, 6.45) is -2.61. The first kappa shape index (κ1) is 23.8. The third kappa shape index (κ3) is 6.09. The molecule has 2 aliphatic rings. The zero-order chi connectivity index (χ0) is 23.5. The predicted octanol–water partition coefficient (Wildman–Crippen LogP) is 2.23. The zero-order valence-corrected chi connectivity index (χ0v) is 17.7. The summed E-state index contributed by atoms with van der Waals surface area (Å²) in [7, 11) is 0. The zero-order valence-electron chi connectivity index (χ0n) is 17.7. The fourth-order valence-corrected chi connectivity index (χ4v) is 3.54. The van der Waals surface area contributed by atoms with E-state index in [2.05, 4.69) is 10.6 Å². The van der Waals surface area contributed by atoms with Crippen LogP contribution < -0.4 is 10.6 Å². The lowest BCUT2D eigenvalue weighted by atomic mass is 10.1. The first-order valence-corrected chi connectivity index (χ1v) is 10.5. The first-order chi connectivity index (χ1) is 15.1. The molecule has 1 aliphatic carbocycles. The quantitative estimate of drug-likeness (QED) is 0.458. The summed E-state index contributed by atoms with van der Waals surface area (Å²) in [4.78, 5) is 38.6. The highest BCUT2D eigenvalue weighted by atomic mass is 19.4. The molecule has 1 aromatic rings. The Balaban J connectivity index is 1.46. The molecule has 1 unspecified atom stereocenters. The molecule has 3 rings (SSSR count). The highest BCUT2D eigenvalue weighted by molar-refractivity contribution is 5.82. The number of piperazine rings is 1. The van der Waals surface area contributed by atoms with Crippen LogP contribution >= 0.6 is 0 Å². The predicted molar refractivity (Wildman–Crippen MR) is 110 cm³/mol. The van der Waals surface area contributed by atoms with Crippen molar-refractivity contribution < 1.29 is 27.7 Å². The summed E-state index contributed by atoms with van der Waals surface area (Å²) < 4.78 is 38.4. The maximum atomic E-state index is 12.8. The highest BCUT2D eigenvalue weighted by Crippen LogP contribution is 2.34. The molecule has 1 atom stereocenters. The number of hydrogen-bond donors (Lipinski definition) is 2. The topological polar surface area (TPSA) is 108 Å². The lowest BCUT2D eigenvalue weighted by Gasteiger charge is -2.37. The largest absolute Gasteiger partial charge is 0.416 e. The van der Waals surface area contributed by atoms with Gasteiger partial charge >= 0.3 is 6.18 Å². The van der Waals surface area contributed by atoms with Crippen molar-refractivity contribution in [3.05, 3.63) is 33.9 Å². The summed E-state index contributed by atoms with van der Waals surface area (Å²) in [5.41, 5.74) is -1.88. The van der Waals surface area contributed by atoms with Crippen LogP contribution in [0.15, 0.2) is 18.2 Å². The smallest absolute Gasteiger partial charge is 0.379 e. The minimum absolute atomic E-state index is 0.00499. The van der Waals surface area contributed by atoms with E-state index in [1.54, 1.807) is 4.90 Å². The Morgan fingerprint density at radius 1 is 1.22 bits per heavy atom. The number of amides is 2. The molecule has 0 spiro atoms. The molecule has 1 saturated heterocycles. The Morgan fingerprint density at radius 3 is 2.44 bits per heavy atom. The Hall–Kier alpha value is -2.89. The Kier molecular flexibility index (Phi) is 7.22. The number of rotatable bonds is 8. The van der Waals surface area contributed by atoms with Gasteiger partial charge < -0.3 is 15.5 Å². The standard InChI is InChI=1S/C20H26F3N5O4/c1-13(19(30)25-15-3-4-15)26-8-10-27(11-9-26)18(29)6-7-24-16-5-2-14(20(21,22)23)12-17(16)28(31)32/h2,5,12-13,15,24H,3-4,6-11H2,1H3,(H,25,30). The summed E-state index contributed by atoms with van der Waals surface area (Å²) >= 11 is 0. The number of carbonyl (C=O) groups is 2. The second-order valence-electron chi connectivity index (χ2n) is 8.04. The molecule has 176 valence electrons. The molecule has 1 heterocycles. The SMILES string of the molecule is CC(C(=O)NC1CC1)N1CCN(C(=O)CCNc2ccc(C(F)(F)F)cc2[N+](=O)[O-])CC1. The number of nitro benzene ring substituents is 1. The number of halogens is 3. The van der Waals surface area contributed by atoms with Crippen molar-refractivity contribution in [2.45, 2.75) is 44.4 Å². The normalized spacial score (nSPS) is 18.2. The molecule has 2 N–H and O–H groups in total. The van der Waals surface area contributed by atoms with E-state index in [4.69, 9.17) is 0 Å². The fraction of sp³-hybridized carbons (Fsp3) is 0.600. The maximum Gasteiger partial charge on any atom is 0.416 e. The minimum atomic E-state index is -4.68. The van der Waals surface area contributed by atoms with Crippen LogP contribution in [0.5, 0.6) is 0 Å². The minimum Gasteiger partial charge on any atom is -0.379 e. The number of hydrogen-bond acceptors (Lipinski definition) is 6. The van der Waals surface area contributed by atoms with Crippen LogP contribution in [0.25, 0.3) is 0 Å². The van der Waals surface area contributed by atoms with Crippen LogP contribution in [0.3, 0.4) is 0 Å². The Bertz CT molecular complexity index is 867. The molecule has 1 aromatic carbocycles. The van der Waals surface area contributed by atoms with Crippen molar-refractivity contribution in [1.29, 1.82) is 0 Å². The fourth-order valence-electron chi connectivity index (χ4n) is 3.54. The van der Waals surface area contributed by atoms with Crippen molar-refractivity contribution in [2.75, 3.05) is 38.0 Å². The molecule has 32 heavy (non-hydrogen) atoms. The average molecular weight is 457 g/mol. The van der Waals surface area contributed by atoms with Gasteiger partial charge in [0.15, 0.2) is 0 Å². The van der Waals surface area contributed by atoms with Crippen molar-refractivity contribution in [2.24, 2.45) is 0 Å². The number of nitrogens with one attached hydrogen (secondary N) is 2. The van der Waals surface area contributed by atoms with Gasteiger partial charge in [-0.3, -0.25) is 24.6 Å². The number of anilines is 1. The lowest BCUT2D eigenvalue weighted by Crippen LogP contribution is -2.55. The van der Waals surface area contributed by atoms with Gasteiger partial charge in [-0.1, -0.05) is 0 Å². The number of alkyl halides is 3. The first-order valence-electron chi connectivity index (χ1n) is 10.5. The average Bonchev–Trinajstić information content (AvgIpc) is 3.56. The Labute approximate surface area is 183 Å². The van der Waals surface area contributed by atoms with E-state index in [1.165, 1.54) is 0 Å². The van der Waals surface area contributed by atoms with Gasteiger partial charge in [-0.05, 0) is 31.9 Å². The lowest BCUT2D eigenvalue weighted by molar-refractivity contribution is -0.384. The van der Waals surface area contributed by atoms with Crippen molar-refractivity contribution in [3.63, 3.8) is 0 Å². The second kappa shape index (κ2) is 9.72. The molecule has 9 nitrogen and oxygen atoms in total. The van der Waals surface area contributed by atoms with E-state index in [9.17, 15) is 32.9 Å². The molecule has 12 heteroatoms. The van der Waals surface area contributed by atoms with E-state index in [0.717, 1.165) is 25.0 Å². The van der Waals surface area contributed by atoms with Crippen LogP contribution in [-0.4, -0.2) is 71.3 Å². The third-order valence-corrected chi connectivity index (χ3v) is 5.69. The summed E-state index contributed by atoms with van der Waals surface area (Å²) in [6, 6.07) is 2.26. The molecule has 2 amide bonds. The van der Waals surface area contributed by atoms with Gasteiger partial charge in [0, 0.05) is 51.3 Å². The second-order valence-corrected chi connectivity index (χ2v) is 8.04. The van der Waals surface area contributed by atoms with E-state index in [-0.39, 0.29) is 36.5 Å². The van der Waals surface area contributed by atoms with E-state index >= 15 is 0 Å². The van der Waals surface area contributed by atoms with Gasteiger partial charge in [0.05, 0.1) is 16.5 Å². The molecular formula is C20H26F3N5O4. The number of nitrogens with zero attached hydrogens (tertiary/aromatic N) is 3.